The van der Waals surface area contributed by atoms with Gasteiger partial charge in [-0.3, -0.25) is 4.98 Å². The van der Waals surface area contributed by atoms with Crippen molar-refractivity contribution in [3.05, 3.63) is 65.9 Å². The van der Waals surface area contributed by atoms with Crippen LogP contribution in [0.4, 0.5) is 0 Å². The Morgan fingerprint density at radius 2 is 1.67 bits per heavy atom. The summed E-state index contributed by atoms with van der Waals surface area (Å²) in [6.07, 6.45) is 5.50. The van der Waals surface area contributed by atoms with Gasteiger partial charge < -0.3 is 9.47 Å². The van der Waals surface area contributed by atoms with Gasteiger partial charge in [0.2, 0.25) is 6.79 Å². The summed E-state index contributed by atoms with van der Waals surface area (Å²) in [5.74, 6) is 1.61. The first-order valence-corrected chi connectivity index (χ1v) is 8.36. The van der Waals surface area contributed by atoms with Gasteiger partial charge in [-0.05, 0) is 60.2 Å². The maximum absolute atomic E-state index is 5.52. The van der Waals surface area contributed by atoms with Crippen molar-refractivity contribution in [1.82, 2.24) is 4.98 Å². The summed E-state index contributed by atoms with van der Waals surface area (Å²) < 4.78 is 10.9. The van der Waals surface area contributed by atoms with Crippen molar-refractivity contribution in [2.75, 3.05) is 6.79 Å². The molecule has 2 heterocycles. The first-order valence-electron chi connectivity index (χ1n) is 8.36. The number of rotatable bonds is 2. The van der Waals surface area contributed by atoms with Crippen LogP contribution in [-0.4, -0.2) is 11.8 Å². The van der Waals surface area contributed by atoms with Crippen LogP contribution in [0.1, 0.15) is 17.5 Å². The van der Waals surface area contributed by atoms with Gasteiger partial charge in [-0.25, -0.2) is 0 Å². The summed E-state index contributed by atoms with van der Waals surface area (Å²) in [5, 5.41) is 0. The van der Waals surface area contributed by atoms with Crippen molar-refractivity contribution in [3.8, 4) is 33.9 Å². The minimum Gasteiger partial charge on any atom is -0.454 e. The molecular weight excluding hydrogens is 298 g/mol. The number of aryl methyl sites for hydroxylation is 2. The fourth-order valence-electron chi connectivity index (χ4n) is 3.65. The van der Waals surface area contributed by atoms with Gasteiger partial charge in [0.05, 0.1) is 5.69 Å². The summed E-state index contributed by atoms with van der Waals surface area (Å²) in [6.45, 7) is 0.295. The van der Waals surface area contributed by atoms with E-state index in [2.05, 4.69) is 35.3 Å². The molecule has 0 spiro atoms. The molecule has 0 bridgehead atoms. The van der Waals surface area contributed by atoms with E-state index in [0.717, 1.165) is 28.3 Å². The average Bonchev–Trinajstić information content (AvgIpc) is 3.29. The zero-order valence-electron chi connectivity index (χ0n) is 13.3. The summed E-state index contributed by atoms with van der Waals surface area (Å²) >= 11 is 0. The van der Waals surface area contributed by atoms with Gasteiger partial charge >= 0.3 is 0 Å². The molecule has 0 saturated carbocycles. The van der Waals surface area contributed by atoms with Gasteiger partial charge in [0, 0.05) is 17.3 Å². The molecule has 1 aliphatic carbocycles. The number of fused-ring (bicyclic) bond motifs is 2. The third-order valence-corrected chi connectivity index (χ3v) is 4.86. The lowest BCUT2D eigenvalue weighted by Gasteiger charge is -2.11. The Balaban J connectivity index is 1.63. The second-order valence-electron chi connectivity index (χ2n) is 6.30. The lowest BCUT2D eigenvalue weighted by atomic mass is 9.97. The third-order valence-electron chi connectivity index (χ3n) is 4.86. The van der Waals surface area contributed by atoms with Crippen LogP contribution in [0.25, 0.3) is 22.4 Å². The number of hydrogen-bond donors (Lipinski definition) is 0. The van der Waals surface area contributed by atoms with Gasteiger partial charge in [-0.1, -0.05) is 24.3 Å². The molecule has 0 unspecified atom stereocenters. The van der Waals surface area contributed by atoms with Crippen molar-refractivity contribution >= 4 is 0 Å². The number of ether oxygens (including phenoxy) is 2. The van der Waals surface area contributed by atoms with E-state index in [-0.39, 0.29) is 0 Å². The number of hydrogen-bond acceptors (Lipinski definition) is 3. The fourth-order valence-corrected chi connectivity index (χ4v) is 3.65. The van der Waals surface area contributed by atoms with Crippen LogP contribution in [-0.2, 0) is 12.8 Å². The summed E-state index contributed by atoms with van der Waals surface area (Å²) in [6, 6.07) is 16.9. The third kappa shape index (κ3) is 2.16. The second kappa shape index (κ2) is 5.38. The summed E-state index contributed by atoms with van der Waals surface area (Å²) in [4.78, 5) is 4.67. The molecule has 0 N–H and O–H groups in total. The summed E-state index contributed by atoms with van der Waals surface area (Å²) in [5.41, 5.74) is 7.38. The molecule has 5 rings (SSSR count). The number of nitrogens with zero attached hydrogens (tertiary/aromatic N) is 1. The second-order valence-corrected chi connectivity index (χ2v) is 6.30. The van der Waals surface area contributed by atoms with E-state index in [1.165, 1.54) is 36.0 Å². The molecule has 0 saturated heterocycles. The molecule has 2 aliphatic rings. The van der Waals surface area contributed by atoms with Gasteiger partial charge in [-0.2, -0.15) is 0 Å². The Morgan fingerprint density at radius 1 is 0.792 bits per heavy atom. The van der Waals surface area contributed by atoms with Crippen LogP contribution >= 0.6 is 0 Å². The lowest BCUT2D eigenvalue weighted by molar-refractivity contribution is 0.174. The van der Waals surface area contributed by atoms with Gasteiger partial charge in [-0.15, -0.1) is 0 Å². The van der Waals surface area contributed by atoms with E-state index >= 15 is 0 Å². The molecule has 0 radical (unpaired) electrons. The predicted molar refractivity (Wildman–Crippen MR) is 93.3 cm³/mol. The molecule has 2 aromatic carbocycles. The fraction of sp³-hybridized carbons (Fsp3) is 0.190. The first-order chi connectivity index (χ1) is 11.9. The van der Waals surface area contributed by atoms with Crippen LogP contribution in [0, 0.1) is 0 Å². The maximum atomic E-state index is 5.52. The average molecular weight is 315 g/mol. The molecule has 0 atom stereocenters. The van der Waals surface area contributed by atoms with Gasteiger partial charge in [0.15, 0.2) is 11.5 Å². The lowest BCUT2D eigenvalue weighted by Crippen LogP contribution is -1.93. The monoisotopic (exact) mass is 315 g/mol. The van der Waals surface area contributed by atoms with Crippen molar-refractivity contribution < 1.29 is 9.47 Å². The SMILES string of the molecule is c1cnc(-c2ccc3c(c2)CCC3)c(-c2ccc3c(c2)OCO3)c1. The number of aromatic nitrogens is 1. The topological polar surface area (TPSA) is 31.4 Å². The molecule has 0 amide bonds. The minimum absolute atomic E-state index is 0.295. The quantitative estimate of drug-likeness (QED) is 0.691. The van der Waals surface area contributed by atoms with Crippen molar-refractivity contribution in [3.63, 3.8) is 0 Å². The molecule has 3 aromatic rings. The summed E-state index contributed by atoms with van der Waals surface area (Å²) in [7, 11) is 0. The van der Waals surface area contributed by atoms with Crippen LogP contribution in [0.5, 0.6) is 11.5 Å². The Morgan fingerprint density at radius 3 is 2.67 bits per heavy atom. The Hall–Kier alpha value is -2.81. The standard InChI is InChI=1S/C21H17NO2/c1-3-14-6-7-17(11-15(14)4-1)21-18(5-2-10-22-21)16-8-9-19-20(12-16)24-13-23-19/h2,5-12H,1,3-4,13H2. The molecule has 118 valence electrons. The normalized spacial score (nSPS) is 14.7. The highest BCUT2D eigenvalue weighted by Crippen LogP contribution is 2.39. The largest absolute Gasteiger partial charge is 0.454 e. The zero-order valence-corrected chi connectivity index (χ0v) is 13.3. The molecule has 24 heavy (non-hydrogen) atoms. The zero-order chi connectivity index (χ0) is 15.9. The molecule has 1 aliphatic heterocycles. The Kier molecular flexibility index (Phi) is 3.05. The van der Waals surface area contributed by atoms with E-state index in [1.807, 2.05) is 24.4 Å². The van der Waals surface area contributed by atoms with Crippen LogP contribution in [0.15, 0.2) is 54.7 Å². The van der Waals surface area contributed by atoms with Crippen molar-refractivity contribution in [2.45, 2.75) is 19.3 Å². The van der Waals surface area contributed by atoms with E-state index in [4.69, 9.17) is 9.47 Å². The van der Waals surface area contributed by atoms with Crippen molar-refractivity contribution in [1.29, 1.82) is 0 Å². The predicted octanol–water partition coefficient (Wildman–Crippen LogP) is 4.63. The highest BCUT2D eigenvalue weighted by molar-refractivity contribution is 5.82. The van der Waals surface area contributed by atoms with Crippen LogP contribution in [0.3, 0.4) is 0 Å². The Bertz CT molecular complexity index is 856. The van der Waals surface area contributed by atoms with E-state index in [0.29, 0.717) is 6.79 Å². The van der Waals surface area contributed by atoms with Crippen molar-refractivity contribution in [2.24, 2.45) is 0 Å². The first kappa shape index (κ1) is 13.6. The van der Waals surface area contributed by atoms with Crippen LogP contribution in [0.2, 0.25) is 0 Å². The smallest absolute Gasteiger partial charge is 0.231 e. The van der Waals surface area contributed by atoms with Gasteiger partial charge in [0.25, 0.3) is 0 Å². The highest BCUT2D eigenvalue weighted by atomic mass is 16.7. The molecule has 0 fully saturated rings. The maximum Gasteiger partial charge on any atom is 0.231 e. The molecular formula is C21H17NO2. The molecule has 3 heteroatoms. The minimum atomic E-state index is 0.295. The number of benzene rings is 2. The Labute approximate surface area is 140 Å². The van der Waals surface area contributed by atoms with E-state index < -0.39 is 0 Å². The molecule has 1 aromatic heterocycles. The number of pyridine rings is 1. The van der Waals surface area contributed by atoms with Gasteiger partial charge in [0.1, 0.15) is 0 Å². The van der Waals surface area contributed by atoms with Crippen LogP contribution < -0.4 is 9.47 Å². The van der Waals surface area contributed by atoms with E-state index in [9.17, 15) is 0 Å². The highest BCUT2D eigenvalue weighted by Gasteiger charge is 2.17. The van der Waals surface area contributed by atoms with E-state index in [1.54, 1.807) is 0 Å². The molecule has 3 nitrogen and oxygen atoms in total.